The molecule has 0 unspecified atom stereocenters. The van der Waals surface area contributed by atoms with Crippen LogP contribution < -0.4 is 10.5 Å². The highest BCUT2D eigenvalue weighted by Gasteiger charge is 2.20. The van der Waals surface area contributed by atoms with Crippen molar-refractivity contribution in [2.75, 3.05) is 38.6 Å². The molecule has 1 N–H and O–H groups in total. The first-order valence-electron chi connectivity index (χ1n) is 6.09. The Kier molecular flexibility index (Phi) is 3.78. The van der Waals surface area contributed by atoms with Gasteiger partial charge in [-0.2, -0.15) is 0 Å². The van der Waals surface area contributed by atoms with E-state index in [2.05, 4.69) is 33.9 Å². The number of hydrogen-bond acceptors (Lipinski definition) is 4. The molecule has 5 heteroatoms. The molecule has 1 aromatic heterocycles. The summed E-state index contributed by atoms with van der Waals surface area (Å²) in [5.74, 6) is 1.57. The summed E-state index contributed by atoms with van der Waals surface area (Å²) in [6, 6.07) is 1.58. The molecule has 17 heavy (non-hydrogen) atoms. The minimum absolute atomic E-state index is 0.0783. The summed E-state index contributed by atoms with van der Waals surface area (Å²) in [5, 5.41) is 0. The number of hydrogen-bond donors (Lipinski definition) is 1. The van der Waals surface area contributed by atoms with Gasteiger partial charge in [-0.3, -0.25) is 4.79 Å². The molecular formula is C12H20N4O. The Morgan fingerprint density at radius 2 is 2.18 bits per heavy atom. The molecule has 1 aliphatic heterocycles. The number of aromatic amines is 1. The first-order chi connectivity index (χ1) is 8.15. The Morgan fingerprint density at radius 3 is 2.76 bits per heavy atom. The van der Waals surface area contributed by atoms with Crippen LogP contribution in [0.15, 0.2) is 17.2 Å². The van der Waals surface area contributed by atoms with Crippen LogP contribution in [0.4, 0.5) is 5.82 Å². The first-order valence-corrected chi connectivity index (χ1v) is 6.09. The van der Waals surface area contributed by atoms with Gasteiger partial charge in [0.05, 0.1) is 6.33 Å². The Bertz CT molecular complexity index is 407. The first kappa shape index (κ1) is 12.1. The zero-order valence-electron chi connectivity index (χ0n) is 10.5. The molecule has 0 atom stereocenters. The van der Waals surface area contributed by atoms with Crippen molar-refractivity contribution in [3.8, 4) is 0 Å². The summed E-state index contributed by atoms with van der Waals surface area (Å²) in [6.07, 6.45) is 3.82. The van der Waals surface area contributed by atoms with Crippen LogP contribution in [0.1, 0.15) is 12.8 Å². The van der Waals surface area contributed by atoms with E-state index < -0.39 is 0 Å². The minimum atomic E-state index is -0.0783. The van der Waals surface area contributed by atoms with Crippen LogP contribution in [0, 0.1) is 5.92 Å². The highest BCUT2D eigenvalue weighted by Crippen LogP contribution is 2.20. The number of aromatic nitrogens is 2. The molecule has 94 valence electrons. The SMILES string of the molecule is CN(C)CC1CCN(c2cc(=O)[nH]cn2)CC1. The summed E-state index contributed by atoms with van der Waals surface area (Å²) < 4.78 is 0. The second-order valence-corrected chi connectivity index (χ2v) is 4.96. The smallest absolute Gasteiger partial charge is 0.252 e. The average Bonchev–Trinajstić information content (AvgIpc) is 2.29. The van der Waals surface area contributed by atoms with Gasteiger partial charge in [-0.1, -0.05) is 0 Å². The van der Waals surface area contributed by atoms with Crippen molar-refractivity contribution in [1.29, 1.82) is 0 Å². The lowest BCUT2D eigenvalue weighted by atomic mass is 9.96. The van der Waals surface area contributed by atoms with Gasteiger partial charge in [-0.25, -0.2) is 4.98 Å². The molecule has 1 fully saturated rings. The van der Waals surface area contributed by atoms with Crippen molar-refractivity contribution in [2.45, 2.75) is 12.8 Å². The largest absolute Gasteiger partial charge is 0.356 e. The number of nitrogens with one attached hydrogen (secondary N) is 1. The maximum absolute atomic E-state index is 11.2. The topological polar surface area (TPSA) is 52.2 Å². The lowest BCUT2D eigenvalue weighted by Gasteiger charge is -2.33. The maximum atomic E-state index is 11.2. The van der Waals surface area contributed by atoms with Crippen molar-refractivity contribution in [2.24, 2.45) is 5.92 Å². The van der Waals surface area contributed by atoms with E-state index in [1.807, 2.05) is 0 Å². The normalized spacial score (nSPS) is 17.7. The predicted octanol–water partition coefficient (Wildman–Crippen LogP) is 0.548. The fraction of sp³-hybridized carbons (Fsp3) is 0.667. The number of nitrogens with zero attached hydrogens (tertiary/aromatic N) is 3. The second kappa shape index (κ2) is 5.31. The van der Waals surface area contributed by atoms with E-state index in [4.69, 9.17) is 0 Å². The molecule has 5 nitrogen and oxygen atoms in total. The maximum Gasteiger partial charge on any atom is 0.252 e. The summed E-state index contributed by atoms with van der Waals surface area (Å²) in [5.41, 5.74) is -0.0783. The summed E-state index contributed by atoms with van der Waals surface area (Å²) in [6.45, 7) is 3.14. The molecule has 1 aromatic rings. The van der Waals surface area contributed by atoms with Gasteiger partial charge in [0.2, 0.25) is 0 Å². The molecule has 0 aromatic carbocycles. The third-order valence-electron chi connectivity index (χ3n) is 3.23. The Balaban J connectivity index is 1.93. The van der Waals surface area contributed by atoms with E-state index in [1.54, 1.807) is 6.07 Å². The third-order valence-corrected chi connectivity index (χ3v) is 3.23. The fourth-order valence-corrected chi connectivity index (χ4v) is 2.39. The summed E-state index contributed by atoms with van der Waals surface area (Å²) >= 11 is 0. The average molecular weight is 236 g/mol. The molecule has 0 radical (unpaired) electrons. The highest BCUT2D eigenvalue weighted by atomic mass is 16.1. The van der Waals surface area contributed by atoms with Crippen LogP contribution >= 0.6 is 0 Å². The van der Waals surface area contributed by atoms with E-state index in [0.29, 0.717) is 0 Å². The zero-order valence-corrected chi connectivity index (χ0v) is 10.5. The minimum Gasteiger partial charge on any atom is -0.356 e. The zero-order chi connectivity index (χ0) is 12.3. The lowest BCUT2D eigenvalue weighted by molar-refractivity contribution is 0.284. The third kappa shape index (κ3) is 3.30. The van der Waals surface area contributed by atoms with Crippen molar-refractivity contribution >= 4 is 5.82 Å². The van der Waals surface area contributed by atoms with Crippen LogP contribution in [0.2, 0.25) is 0 Å². The lowest BCUT2D eigenvalue weighted by Crippen LogP contribution is -2.37. The van der Waals surface area contributed by atoms with E-state index >= 15 is 0 Å². The second-order valence-electron chi connectivity index (χ2n) is 4.96. The van der Waals surface area contributed by atoms with Crippen LogP contribution in [0.3, 0.4) is 0 Å². The molecule has 0 aliphatic carbocycles. The van der Waals surface area contributed by atoms with Gasteiger partial charge in [0.15, 0.2) is 0 Å². The molecule has 1 aliphatic rings. The van der Waals surface area contributed by atoms with Crippen LogP contribution in [0.25, 0.3) is 0 Å². The van der Waals surface area contributed by atoms with E-state index in [-0.39, 0.29) is 5.56 Å². The van der Waals surface area contributed by atoms with Gasteiger partial charge in [0, 0.05) is 25.7 Å². The van der Waals surface area contributed by atoms with Crippen molar-refractivity contribution < 1.29 is 0 Å². The van der Waals surface area contributed by atoms with E-state index in [0.717, 1.165) is 31.4 Å². The van der Waals surface area contributed by atoms with E-state index in [1.165, 1.54) is 19.2 Å². The van der Waals surface area contributed by atoms with Crippen LogP contribution in [-0.2, 0) is 0 Å². The van der Waals surface area contributed by atoms with Gasteiger partial charge in [0.25, 0.3) is 5.56 Å². The molecule has 2 rings (SSSR count). The fourth-order valence-electron chi connectivity index (χ4n) is 2.39. The highest BCUT2D eigenvalue weighted by molar-refractivity contribution is 5.36. The summed E-state index contributed by atoms with van der Waals surface area (Å²) in [4.78, 5) is 22.4. The standard InChI is InChI=1S/C12H20N4O/c1-15(2)8-10-3-5-16(6-4-10)11-7-12(17)14-9-13-11/h7,9-10H,3-6,8H2,1-2H3,(H,13,14,17). The Hall–Kier alpha value is -1.36. The molecule has 0 saturated carbocycles. The van der Waals surface area contributed by atoms with Gasteiger partial charge in [-0.15, -0.1) is 0 Å². The van der Waals surface area contributed by atoms with Crippen LogP contribution in [0.5, 0.6) is 0 Å². The van der Waals surface area contributed by atoms with Gasteiger partial charge < -0.3 is 14.8 Å². The van der Waals surface area contributed by atoms with Crippen LogP contribution in [-0.4, -0.2) is 48.6 Å². The van der Waals surface area contributed by atoms with E-state index in [9.17, 15) is 4.79 Å². The predicted molar refractivity (Wildman–Crippen MR) is 68.3 cm³/mol. The molecule has 0 spiro atoms. The molecule has 2 heterocycles. The molecular weight excluding hydrogens is 216 g/mol. The van der Waals surface area contributed by atoms with Gasteiger partial charge >= 0.3 is 0 Å². The molecule has 1 saturated heterocycles. The number of piperidine rings is 1. The quantitative estimate of drug-likeness (QED) is 0.832. The Morgan fingerprint density at radius 1 is 1.47 bits per heavy atom. The van der Waals surface area contributed by atoms with Crippen molar-refractivity contribution in [3.63, 3.8) is 0 Å². The molecule has 0 bridgehead atoms. The summed E-state index contributed by atoms with van der Waals surface area (Å²) in [7, 11) is 4.23. The van der Waals surface area contributed by atoms with Crippen molar-refractivity contribution in [3.05, 3.63) is 22.7 Å². The number of rotatable bonds is 3. The van der Waals surface area contributed by atoms with Crippen molar-refractivity contribution in [1.82, 2.24) is 14.9 Å². The Labute approximate surface area is 101 Å². The van der Waals surface area contributed by atoms with Gasteiger partial charge in [0.1, 0.15) is 5.82 Å². The molecule has 0 amide bonds. The number of anilines is 1. The number of H-pyrrole nitrogens is 1. The van der Waals surface area contributed by atoms with Gasteiger partial charge in [-0.05, 0) is 32.9 Å². The monoisotopic (exact) mass is 236 g/mol.